The molecule has 27 heavy (non-hydrogen) atoms. The number of ether oxygens (including phenoxy) is 2. The molecule has 7 nitrogen and oxygen atoms in total. The lowest BCUT2D eigenvalue weighted by atomic mass is 9.92. The first-order chi connectivity index (χ1) is 13.1. The predicted octanol–water partition coefficient (Wildman–Crippen LogP) is 2.69. The normalized spacial score (nSPS) is 21.7. The summed E-state index contributed by atoms with van der Waals surface area (Å²) in [5, 5.41) is 19.2. The second-order valence-electron chi connectivity index (χ2n) is 6.23. The Hall–Kier alpha value is -2.85. The Morgan fingerprint density at radius 1 is 1.37 bits per heavy atom. The summed E-state index contributed by atoms with van der Waals surface area (Å²) >= 11 is 6.48. The maximum Gasteiger partial charge on any atom is 0.272 e. The van der Waals surface area contributed by atoms with Crippen LogP contribution in [0.25, 0.3) is 0 Å². The number of methoxy groups -OCH3 is 1. The number of nitrogens with zero attached hydrogens (tertiary/aromatic N) is 3. The molecule has 0 unspecified atom stereocenters. The molecule has 1 aromatic heterocycles. The van der Waals surface area contributed by atoms with Crippen molar-refractivity contribution in [2.45, 2.75) is 36.8 Å². The van der Waals surface area contributed by atoms with Crippen LogP contribution in [0.5, 0.6) is 11.5 Å². The molecule has 1 N–H and O–H groups in total. The number of nitriles is 1. The van der Waals surface area contributed by atoms with Gasteiger partial charge in [0.05, 0.1) is 18.1 Å². The first-order valence-electron chi connectivity index (χ1n) is 8.58. The lowest BCUT2D eigenvalue weighted by Gasteiger charge is -2.33. The van der Waals surface area contributed by atoms with Gasteiger partial charge in [-0.2, -0.15) is 10.4 Å². The van der Waals surface area contributed by atoms with E-state index in [1.54, 1.807) is 30.3 Å². The Kier molecular flexibility index (Phi) is 6.09. The van der Waals surface area contributed by atoms with Crippen LogP contribution in [0.15, 0.2) is 36.5 Å². The monoisotopic (exact) mass is 386 g/mol. The van der Waals surface area contributed by atoms with Gasteiger partial charge in [0.25, 0.3) is 5.91 Å². The molecule has 0 bridgehead atoms. The van der Waals surface area contributed by atoms with Crippen LogP contribution in [0.3, 0.4) is 0 Å². The minimum atomic E-state index is -0.282. The number of hydrogen-bond donors (Lipinski definition) is 1. The fourth-order valence-corrected chi connectivity index (χ4v) is 3.43. The third-order valence-electron chi connectivity index (χ3n) is 4.44. The summed E-state index contributed by atoms with van der Waals surface area (Å²) in [5.41, 5.74) is 0.722. The zero-order valence-corrected chi connectivity index (χ0v) is 15.5. The number of hydrogen-bond acceptors (Lipinski definition) is 6. The van der Waals surface area contributed by atoms with Crippen molar-refractivity contribution in [3.63, 3.8) is 0 Å². The molecule has 1 aromatic carbocycles. The van der Waals surface area contributed by atoms with E-state index in [4.69, 9.17) is 26.3 Å². The average molecular weight is 387 g/mol. The van der Waals surface area contributed by atoms with Crippen LogP contribution in [0.1, 0.15) is 35.3 Å². The summed E-state index contributed by atoms with van der Waals surface area (Å²) in [6.45, 7) is 0. The summed E-state index contributed by atoms with van der Waals surface area (Å²) in [6.07, 6.45) is 3.47. The number of halogens is 1. The van der Waals surface area contributed by atoms with Crippen LogP contribution in [-0.2, 0) is 0 Å². The van der Waals surface area contributed by atoms with E-state index in [-0.39, 0.29) is 29.1 Å². The van der Waals surface area contributed by atoms with Gasteiger partial charge in [-0.3, -0.25) is 4.79 Å². The second kappa shape index (κ2) is 8.69. The number of carbonyl (C=O) groups is 1. The second-order valence-corrected chi connectivity index (χ2v) is 6.79. The molecule has 1 amide bonds. The van der Waals surface area contributed by atoms with Crippen LogP contribution < -0.4 is 14.8 Å². The van der Waals surface area contributed by atoms with Gasteiger partial charge in [-0.15, -0.1) is 16.7 Å². The summed E-state index contributed by atoms with van der Waals surface area (Å²) in [7, 11) is 1.51. The standard InChI is InChI=1S/C19H19ClN4O3/c1-26-18-10-14(5-4-12(18)11-21)27-13-6-7-16(15(20)9-13)23-19(25)17-3-2-8-22-24-17/h2-5,8,10,13,15-16H,6-7,9H2,1H3,(H,23,25)/t13-,15-,16-/m1/s1. The highest BCUT2D eigenvalue weighted by molar-refractivity contribution is 6.21. The molecule has 1 heterocycles. The summed E-state index contributed by atoms with van der Waals surface area (Å²) in [4.78, 5) is 12.2. The number of nitrogens with one attached hydrogen (secondary N) is 1. The van der Waals surface area contributed by atoms with Gasteiger partial charge in [-0.05, 0) is 37.1 Å². The molecule has 3 atom stereocenters. The molecule has 0 spiro atoms. The predicted molar refractivity (Wildman–Crippen MR) is 98.9 cm³/mol. The fourth-order valence-electron chi connectivity index (χ4n) is 3.04. The van der Waals surface area contributed by atoms with Crippen molar-refractivity contribution in [2.75, 3.05) is 7.11 Å². The molecule has 0 radical (unpaired) electrons. The van der Waals surface area contributed by atoms with Crippen molar-refractivity contribution in [2.24, 2.45) is 0 Å². The van der Waals surface area contributed by atoms with Gasteiger partial charge in [0.15, 0.2) is 5.69 Å². The van der Waals surface area contributed by atoms with E-state index in [1.807, 2.05) is 0 Å². The van der Waals surface area contributed by atoms with Crippen molar-refractivity contribution in [1.29, 1.82) is 5.26 Å². The van der Waals surface area contributed by atoms with Crippen molar-refractivity contribution in [3.8, 4) is 17.6 Å². The van der Waals surface area contributed by atoms with E-state index < -0.39 is 0 Å². The van der Waals surface area contributed by atoms with E-state index in [1.165, 1.54) is 13.3 Å². The van der Waals surface area contributed by atoms with Gasteiger partial charge >= 0.3 is 0 Å². The van der Waals surface area contributed by atoms with Gasteiger partial charge in [0, 0.05) is 24.7 Å². The van der Waals surface area contributed by atoms with Gasteiger partial charge in [-0.25, -0.2) is 0 Å². The van der Waals surface area contributed by atoms with Crippen molar-refractivity contribution in [1.82, 2.24) is 15.5 Å². The molecule has 1 saturated carbocycles. The van der Waals surface area contributed by atoms with Crippen molar-refractivity contribution >= 4 is 17.5 Å². The van der Waals surface area contributed by atoms with Crippen LogP contribution in [0, 0.1) is 11.3 Å². The highest BCUT2D eigenvalue weighted by atomic mass is 35.5. The minimum Gasteiger partial charge on any atom is -0.495 e. The largest absolute Gasteiger partial charge is 0.495 e. The van der Waals surface area contributed by atoms with Gasteiger partial charge in [0.2, 0.25) is 0 Å². The van der Waals surface area contributed by atoms with E-state index >= 15 is 0 Å². The quantitative estimate of drug-likeness (QED) is 0.793. The molecule has 140 valence electrons. The highest BCUT2D eigenvalue weighted by Crippen LogP contribution is 2.30. The van der Waals surface area contributed by atoms with E-state index in [2.05, 4.69) is 21.6 Å². The Balaban J connectivity index is 1.57. The van der Waals surface area contributed by atoms with E-state index in [0.717, 1.165) is 6.42 Å². The SMILES string of the molecule is COc1cc(O[C@@H]2CC[C@@H](NC(=O)c3cccnn3)[C@H](Cl)C2)ccc1C#N. The van der Waals surface area contributed by atoms with Gasteiger partial charge in [0.1, 0.15) is 23.7 Å². The van der Waals surface area contributed by atoms with Crippen LogP contribution >= 0.6 is 11.6 Å². The lowest BCUT2D eigenvalue weighted by molar-refractivity contribution is 0.0891. The molecule has 1 aliphatic rings. The number of amides is 1. The summed E-state index contributed by atoms with van der Waals surface area (Å²) < 4.78 is 11.2. The maximum absolute atomic E-state index is 12.2. The third-order valence-corrected chi connectivity index (χ3v) is 4.92. The number of aromatic nitrogens is 2. The number of alkyl halides is 1. The molecule has 1 aliphatic carbocycles. The van der Waals surface area contributed by atoms with Crippen molar-refractivity contribution < 1.29 is 14.3 Å². The smallest absolute Gasteiger partial charge is 0.272 e. The third kappa shape index (κ3) is 4.66. The average Bonchev–Trinajstić information content (AvgIpc) is 2.70. The number of carbonyl (C=O) groups excluding carboxylic acids is 1. The molecular formula is C19H19ClN4O3. The maximum atomic E-state index is 12.2. The molecule has 0 aliphatic heterocycles. The Labute approximate surface area is 162 Å². The summed E-state index contributed by atoms with van der Waals surface area (Å²) in [6, 6.07) is 10.3. The van der Waals surface area contributed by atoms with Crippen molar-refractivity contribution in [3.05, 3.63) is 47.8 Å². The molecule has 2 aromatic rings. The van der Waals surface area contributed by atoms with Crippen LogP contribution in [0.2, 0.25) is 0 Å². The molecule has 3 rings (SSSR count). The highest BCUT2D eigenvalue weighted by Gasteiger charge is 2.31. The fraction of sp³-hybridized carbons (Fsp3) is 0.368. The molecule has 8 heteroatoms. The van der Waals surface area contributed by atoms with Crippen LogP contribution in [0.4, 0.5) is 0 Å². The number of benzene rings is 1. The zero-order chi connectivity index (χ0) is 19.2. The van der Waals surface area contributed by atoms with E-state index in [0.29, 0.717) is 29.9 Å². The summed E-state index contributed by atoms with van der Waals surface area (Å²) in [5.74, 6) is 0.819. The first kappa shape index (κ1) is 18.9. The first-order valence-corrected chi connectivity index (χ1v) is 9.01. The number of rotatable bonds is 5. The van der Waals surface area contributed by atoms with E-state index in [9.17, 15) is 4.79 Å². The zero-order valence-electron chi connectivity index (χ0n) is 14.8. The Morgan fingerprint density at radius 3 is 2.89 bits per heavy atom. The van der Waals surface area contributed by atoms with Gasteiger partial charge < -0.3 is 14.8 Å². The Bertz CT molecular complexity index is 841. The molecular weight excluding hydrogens is 368 g/mol. The lowest BCUT2D eigenvalue weighted by Crippen LogP contribution is -2.46. The topological polar surface area (TPSA) is 97.1 Å². The molecule has 0 saturated heterocycles. The minimum absolute atomic E-state index is 0.0742. The van der Waals surface area contributed by atoms with Gasteiger partial charge in [-0.1, -0.05) is 0 Å². The Morgan fingerprint density at radius 2 is 2.22 bits per heavy atom. The molecule has 1 fully saturated rings. The van der Waals surface area contributed by atoms with Crippen LogP contribution in [-0.4, -0.2) is 40.7 Å².